The molecule has 6 heteroatoms. The first-order chi connectivity index (χ1) is 13.1. The van der Waals surface area contributed by atoms with Crippen LogP contribution >= 0.6 is 0 Å². The van der Waals surface area contributed by atoms with Gasteiger partial charge in [-0.25, -0.2) is 9.37 Å². The first-order valence-electron chi connectivity index (χ1n) is 9.28. The minimum Gasteiger partial charge on any atom is -0.394 e. The summed E-state index contributed by atoms with van der Waals surface area (Å²) >= 11 is 0. The van der Waals surface area contributed by atoms with Gasteiger partial charge in [-0.2, -0.15) is 0 Å². The van der Waals surface area contributed by atoms with E-state index in [0.717, 1.165) is 43.2 Å². The Morgan fingerprint density at radius 1 is 1.15 bits per heavy atom. The molecular formula is C21H22FN3O2. The number of aliphatic hydroxyl groups is 1. The fraction of sp³-hybridized carbons (Fsp3) is 0.333. The molecule has 140 valence electrons. The molecule has 27 heavy (non-hydrogen) atoms. The predicted molar refractivity (Wildman–Crippen MR) is 101 cm³/mol. The van der Waals surface area contributed by atoms with E-state index in [1.807, 2.05) is 18.2 Å². The van der Waals surface area contributed by atoms with Crippen LogP contribution in [0.2, 0.25) is 0 Å². The van der Waals surface area contributed by atoms with Crippen molar-refractivity contribution in [1.29, 1.82) is 0 Å². The molecule has 0 spiro atoms. The van der Waals surface area contributed by atoms with Crippen LogP contribution in [0.15, 0.2) is 48.7 Å². The van der Waals surface area contributed by atoms with Crippen LogP contribution in [0, 0.1) is 5.82 Å². The van der Waals surface area contributed by atoms with Gasteiger partial charge in [-0.05, 0) is 49.2 Å². The van der Waals surface area contributed by atoms with E-state index in [9.17, 15) is 14.3 Å². The van der Waals surface area contributed by atoms with E-state index in [-0.39, 0.29) is 24.2 Å². The van der Waals surface area contributed by atoms with Gasteiger partial charge in [0.1, 0.15) is 5.82 Å². The van der Waals surface area contributed by atoms with Gasteiger partial charge in [-0.15, -0.1) is 0 Å². The van der Waals surface area contributed by atoms with Crippen molar-refractivity contribution in [2.45, 2.75) is 37.6 Å². The average Bonchev–Trinajstić information content (AvgIpc) is 3.09. The summed E-state index contributed by atoms with van der Waals surface area (Å²) in [5.41, 5.74) is 1.57. The van der Waals surface area contributed by atoms with Crippen molar-refractivity contribution in [2.75, 3.05) is 6.61 Å². The second-order valence-electron chi connectivity index (χ2n) is 7.20. The van der Waals surface area contributed by atoms with E-state index >= 15 is 0 Å². The van der Waals surface area contributed by atoms with Crippen LogP contribution in [0.1, 0.15) is 42.7 Å². The van der Waals surface area contributed by atoms with Crippen molar-refractivity contribution in [3.63, 3.8) is 0 Å². The first kappa shape index (κ1) is 17.7. The summed E-state index contributed by atoms with van der Waals surface area (Å²) < 4.78 is 15.0. The quantitative estimate of drug-likeness (QED) is 0.741. The van der Waals surface area contributed by atoms with Gasteiger partial charge in [-0.1, -0.05) is 25.3 Å². The summed E-state index contributed by atoms with van der Waals surface area (Å²) in [5, 5.41) is 12.9. The molecule has 1 saturated carbocycles. The van der Waals surface area contributed by atoms with E-state index in [1.165, 1.54) is 12.1 Å². The monoisotopic (exact) mass is 367 g/mol. The van der Waals surface area contributed by atoms with Crippen molar-refractivity contribution >= 4 is 11.4 Å². The molecule has 1 aliphatic rings. The SMILES string of the molecule is O=C(NC1(CO)CCCCC1)c1nc(-c2ccc(F)cc2)c2ccccn12. The molecule has 5 nitrogen and oxygen atoms in total. The molecule has 0 bridgehead atoms. The Morgan fingerprint density at radius 3 is 2.59 bits per heavy atom. The van der Waals surface area contributed by atoms with Crippen molar-refractivity contribution < 1.29 is 14.3 Å². The molecule has 2 heterocycles. The van der Waals surface area contributed by atoms with E-state index in [1.54, 1.807) is 22.7 Å². The Bertz CT molecular complexity index is 959. The largest absolute Gasteiger partial charge is 0.394 e. The maximum atomic E-state index is 13.3. The normalized spacial score (nSPS) is 16.4. The second kappa shape index (κ2) is 7.12. The lowest BCUT2D eigenvalue weighted by Crippen LogP contribution is -2.52. The maximum absolute atomic E-state index is 13.3. The maximum Gasteiger partial charge on any atom is 0.288 e. The van der Waals surface area contributed by atoms with Gasteiger partial charge in [-0.3, -0.25) is 9.20 Å². The summed E-state index contributed by atoms with van der Waals surface area (Å²) in [6, 6.07) is 11.7. The van der Waals surface area contributed by atoms with Crippen LogP contribution in [0.4, 0.5) is 4.39 Å². The Kier molecular flexibility index (Phi) is 4.66. The number of pyridine rings is 1. The number of benzene rings is 1. The number of fused-ring (bicyclic) bond motifs is 1. The number of imidazole rings is 1. The molecule has 4 rings (SSSR count). The minimum absolute atomic E-state index is 0.0765. The second-order valence-corrected chi connectivity index (χ2v) is 7.20. The summed E-state index contributed by atoms with van der Waals surface area (Å²) in [7, 11) is 0. The number of nitrogens with one attached hydrogen (secondary N) is 1. The van der Waals surface area contributed by atoms with E-state index < -0.39 is 5.54 Å². The number of halogens is 1. The third-order valence-corrected chi connectivity index (χ3v) is 5.36. The number of rotatable bonds is 4. The van der Waals surface area contributed by atoms with E-state index in [4.69, 9.17) is 0 Å². The number of aliphatic hydroxyl groups excluding tert-OH is 1. The van der Waals surface area contributed by atoms with Crippen molar-refractivity contribution in [1.82, 2.24) is 14.7 Å². The smallest absolute Gasteiger partial charge is 0.288 e. The Hall–Kier alpha value is -2.73. The molecule has 1 aliphatic carbocycles. The standard InChI is InChI=1S/C21H22FN3O2/c22-16-9-7-15(8-10-16)18-17-6-2-5-13-25(17)19(23-18)20(27)24-21(14-26)11-3-1-4-12-21/h2,5-10,13,26H,1,3-4,11-12,14H2,(H,24,27). The lowest BCUT2D eigenvalue weighted by molar-refractivity contribution is 0.0748. The fourth-order valence-corrected chi connectivity index (χ4v) is 3.87. The van der Waals surface area contributed by atoms with Crippen molar-refractivity contribution in [3.8, 4) is 11.3 Å². The number of amides is 1. The van der Waals surface area contributed by atoms with Crippen molar-refractivity contribution in [2.24, 2.45) is 0 Å². The highest BCUT2D eigenvalue weighted by Crippen LogP contribution is 2.29. The van der Waals surface area contributed by atoms with Gasteiger partial charge in [0.05, 0.1) is 23.4 Å². The Labute approximate surface area is 156 Å². The number of hydrogen-bond donors (Lipinski definition) is 2. The highest BCUT2D eigenvalue weighted by molar-refractivity contribution is 5.95. The topological polar surface area (TPSA) is 66.6 Å². The third-order valence-electron chi connectivity index (χ3n) is 5.36. The molecule has 1 fully saturated rings. The molecule has 0 saturated heterocycles. The highest BCUT2D eigenvalue weighted by atomic mass is 19.1. The number of aromatic nitrogens is 2. The molecule has 1 amide bonds. The zero-order valence-electron chi connectivity index (χ0n) is 15.0. The van der Waals surface area contributed by atoms with Crippen molar-refractivity contribution in [3.05, 3.63) is 60.3 Å². The Balaban J connectivity index is 1.73. The van der Waals surface area contributed by atoms with Gasteiger partial charge in [0.2, 0.25) is 5.82 Å². The molecule has 0 atom stereocenters. The minimum atomic E-state index is -0.577. The summed E-state index contributed by atoms with van der Waals surface area (Å²) in [5.74, 6) is -0.355. The summed E-state index contributed by atoms with van der Waals surface area (Å²) in [6.45, 7) is -0.0765. The van der Waals surface area contributed by atoms with Crippen LogP contribution in [0.3, 0.4) is 0 Å². The van der Waals surface area contributed by atoms with Gasteiger partial charge in [0, 0.05) is 11.8 Å². The predicted octanol–water partition coefficient (Wildman–Crippen LogP) is 3.57. The van der Waals surface area contributed by atoms with Gasteiger partial charge >= 0.3 is 0 Å². The molecule has 0 radical (unpaired) electrons. The molecule has 2 N–H and O–H groups in total. The first-order valence-corrected chi connectivity index (χ1v) is 9.28. The third kappa shape index (κ3) is 3.32. The van der Waals surface area contributed by atoms with Crippen LogP contribution in [0.5, 0.6) is 0 Å². The molecule has 3 aromatic rings. The molecular weight excluding hydrogens is 345 g/mol. The highest BCUT2D eigenvalue weighted by Gasteiger charge is 2.34. The number of nitrogens with zero attached hydrogens (tertiary/aromatic N) is 2. The molecule has 1 aromatic carbocycles. The molecule has 0 unspecified atom stereocenters. The van der Waals surface area contributed by atoms with Gasteiger partial charge in [0.15, 0.2) is 0 Å². The van der Waals surface area contributed by atoms with E-state index in [0.29, 0.717) is 5.69 Å². The van der Waals surface area contributed by atoms with Crippen LogP contribution < -0.4 is 5.32 Å². The molecule has 0 aliphatic heterocycles. The zero-order chi connectivity index (χ0) is 18.9. The number of hydrogen-bond acceptors (Lipinski definition) is 3. The van der Waals surface area contributed by atoms with Crippen LogP contribution in [-0.2, 0) is 0 Å². The Morgan fingerprint density at radius 2 is 1.89 bits per heavy atom. The fourth-order valence-electron chi connectivity index (χ4n) is 3.87. The summed E-state index contributed by atoms with van der Waals surface area (Å²) in [4.78, 5) is 17.6. The van der Waals surface area contributed by atoms with E-state index in [2.05, 4.69) is 10.3 Å². The van der Waals surface area contributed by atoms with Crippen LogP contribution in [0.25, 0.3) is 16.8 Å². The lowest BCUT2D eigenvalue weighted by atomic mass is 9.82. The number of carbonyl (C=O) groups is 1. The zero-order valence-corrected chi connectivity index (χ0v) is 15.0. The summed E-state index contributed by atoms with van der Waals surface area (Å²) in [6.07, 6.45) is 6.43. The van der Waals surface area contributed by atoms with Crippen LogP contribution in [-0.4, -0.2) is 32.5 Å². The van der Waals surface area contributed by atoms with Gasteiger partial charge in [0.25, 0.3) is 5.91 Å². The number of carbonyl (C=O) groups excluding carboxylic acids is 1. The lowest BCUT2D eigenvalue weighted by Gasteiger charge is -2.36. The average molecular weight is 367 g/mol. The van der Waals surface area contributed by atoms with Gasteiger partial charge < -0.3 is 10.4 Å². The molecule has 2 aromatic heterocycles.